The smallest absolute Gasteiger partial charge is 0.246 e. The van der Waals surface area contributed by atoms with Crippen molar-refractivity contribution in [2.24, 2.45) is 5.92 Å². The first-order chi connectivity index (χ1) is 19.5. The summed E-state index contributed by atoms with van der Waals surface area (Å²) in [4.78, 5) is 32.3. The van der Waals surface area contributed by atoms with Crippen molar-refractivity contribution in [3.8, 4) is 5.75 Å². The molecule has 0 N–H and O–H groups in total. The van der Waals surface area contributed by atoms with E-state index in [1.807, 2.05) is 76.5 Å². The Hall–Kier alpha value is -3.93. The van der Waals surface area contributed by atoms with E-state index in [1.165, 1.54) is 12.1 Å². The zero-order valence-corrected chi connectivity index (χ0v) is 23.0. The number of rotatable bonds is 7. The van der Waals surface area contributed by atoms with Gasteiger partial charge < -0.3 is 14.5 Å². The normalized spacial score (nSPS) is 21.0. The maximum atomic E-state index is 14.7. The fourth-order valence-corrected chi connectivity index (χ4v) is 5.91. The fourth-order valence-electron chi connectivity index (χ4n) is 5.91. The lowest BCUT2D eigenvalue weighted by Crippen LogP contribution is -2.55. The second-order valence-corrected chi connectivity index (χ2v) is 10.8. The largest absolute Gasteiger partial charge is 0.497 e. The predicted octanol–water partition coefficient (Wildman–Crippen LogP) is 6.49. The molecule has 0 saturated heterocycles. The molecular weight excluding hydrogens is 503 g/mol. The summed E-state index contributed by atoms with van der Waals surface area (Å²) < 4.78 is 19.1. The van der Waals surface area contributed by atoms with Crippen LogP contribution >= 0.6 is 0 Å². The fraction of sp³-hybridized carbons (Fsp3) is 0.353. The second kappa shape index (κ2) is 12.9. The second-order valence-electron chi connectivity index (χ2n) is 10.8. The Morgan fingerprint density at radius 2 is 1.60 bits per heavy atom. The maximum Gasteiger partial charge on any atom is 0.246 e. The number of benzene rings is 3. The molecular formula is C34H37FN2O3. The van der Waals surface area contributed by atoms with Crippen LogP contribution in [0.2, 0.25) is 0 Å². The lowest BCUT2D eigenvalue weighted by atomic mass is 9.87. The average Bonchev–Trinajstić information content (AvgIpc) is 3.00. The van der Waals surface area contributed by atoms with E-state index < -0.39 is 6.04 Å². The highest BCUT2D eigenvalue weighted by Gasteiger charge is 2.39. The first-order valence-corrected chi connectivity index (χ1v) is 14.2. The minimum atomic E-state index is -0.650. The Balaban J connectivity index is 1.56. The molecule has 1 aliphatic heterocycles. The third kappa shape index (κ3) is 6.44. The molecule has 1 saturated carbocycles. The van der Waals surface area contributed by atoms with E-state index >= 15 is 0 Å². The van der Waals surface area contributed by atoms with Crippen LogP contribution in [0.5, 0.6) is 5.75 Å². The van der Waals surface area contributed by atoms with Crippen LogP contribution in [0.4, 0.5) is 4.39 Å². The lowest BCUT2D eigenvalue weighted by molar-refractivity contribution is -0.150. The van der Waals surface area contributed by atoms with Gasteiger partial charge >= 0.3 is 0 Å². The van der Waals surface area contributed by atoms with E-state index in [0.717, 1.165) is 54.5 Å². The Kier molecular flexibility index (Phi) is 8.94. The van der Waals surface area contributed by atoms with Gasteiger partial charge in [-0.2, -0.15) is 0 Å². The quantitative estimate of drug-likeness (QED) is 0.322. The highest BCUT2D eigenvalue weighted by Crippen LogP contribution is 2.32. The molecule has 0 radical (unpaired) electrons. The Bertz CT molecular complexity index is 1300. The van der Waals surface area contributed by atoms with Gasteiger partial charge in [-0.1, -0.05) is 86.0 Å². The van der Waals surface area contributed by atoms with Crippen LogP contribution in [0.25, 0.3) is 0 Å². The summed E-state index contributed by atoms with van der Waals surface area (Å²) in [5.74, 6) is 0.336. The molecule has 2 atom stereocenters. The summed E-state index contributed by atoms with van der Waals surface area (Å²) in [5, 5.41) is 0. The number of hydrogen-bond acceptors (Lipinski definition) is 3. The van der Waals surface area contributed by atoms with E-state index in [0.29, 0.717) is 13.0 Å². The molecule has 1 aliphatic carbocycles. The van der Waals surface area contributed by atoms with Gasteiger partial charge in [0, 0.05) is 25.4 Å². The summed E-state index contributed by atoms with van der Waals surface area (Å²) in [7, 11) is 1.63. The van der Waals surface area contributed by atoms with Gasteiger partial charge in [0.2, 0.25) is 11.8 Å². The molecule has 2 amide bonds. The molecule has 0 spiro atoms. The summed E-state index contributed by atoms with van der Waals surface area (Å²) in [6, 6.07) is 22.9. The molecule has 5 nitrogen and oxygen atoms in total. The third-order valence-electron chi connectivity index (χ3n) is 8.13. The molecule has 5 rings (SSSR count). The molecule has 1 heterocycles. The van der Waals surface area contributed by atoms with Crippen LogP contribution in [0.15, 0.2) is 91.0 Å². The number of halogens is 1. The van der Waals surface area contributed by atoms with Crippen LogP contribution in [-0.4, -0.2) is 41.3 Å². The Morgan fingerprint density at radius 1 is 0.900 bits per heavy atom. The van der Waals surface area contributed by atoms with Crippen LogP contribution in [-0.2, 0) is 22.6 Å². The maximum absolute atomic E-state index is 14.7. The number of carbonyl (C=O) groups excluding carboxylic acids is 2. The van der Waals surface area contributed by atoms with E-state index in [9.17, 15) is 14.0 Å². The van der Waals surface area contributed by atoms with Crippen molar-refractivity contribution in [3.63, 3.8) is 0 Å². The van der Waals surface area contributed by atoms with Gasteiger partial charge in [-0.3, -0.25) is 9.59 Å². The molecule has 1 fully saturated rings. The number of nitrogens with zero attached hydrogens (tertiary/aromatic N) is 2. The number of ether oxygens (including phenoxy) is 1. The highest BCUT2D eigenvalue weighted by atomic mass is 19.1. The molecule has 3 aromatic carbocycles. The summed E-state index contributed by atoms with van der Waals surface area (Å²) in [6.45, 7) is 0.673. The molecule has 3 aromatic rings. The van der Waals surface area contributed by atoms with Crippen molar-refractivity contribution >= 4 is 11.8 Å². The van der Waals surface area contributed by atoms with Crippen molar-refractivity contribution in [1.29, 1.82) is 0 Å². The standard InChI is InChI=1S/C34H37FN2O3/c1-40-30-20-16-27(17-21-30)31-13-8-22-36(33(38)28-11-6-3-7-12-28)32(23-25-9-4-2-5-10-25)34(39)37(31)24-26-14-18-29(35)19-15-26/h2,4-5,8-10,13-21,28,31-32H,3,6-7,11-12,22-24H2,1H3/b13-8-/t31?,32-/m0/s1. The van der Waals surface area contributed by atoms with E-state index in [2.05, 4.69) is 0 Å². The van der Waals surface area contributed by atoms with Crippen molar-refractivity contribution in [3.05, 3.63) is 114 Å². The third-order valence-corrected chi connectivity index (χ3v) is 8.13. The van der Waals surface area contributed by atoms with Crippen molar-refractivity contribution < 1.29 is 18.7 Å². The van der Waals surface area contributed by atoms with Crippen LogP contribution in [0.3, 0.4) is 0 Å². The molecule has 6 heteroatoms. The van der Waals surface area contributed by atoms with E-state index in [4.69, 9.17) is 4.74 Å². The topological polar surface area (TPSA) is 49.9 Å². The SMILES string of the molecule is COc1ccc(C2/C=C\CN(C(=O)C3CCCCC3)[C@@H](Cc3ccccc3)C(=O)N2Cc2ccc(F)cc2)cc1. The van der Waals surface area contributed by atoms with Crippen LogP contribution in [0.1, 0.15) is 54.8 Å². The van der Waals surface area contributed by atoms with Gasteiger partial charge in [0.15, 0.2) is 0 Å². The summed E-state index contributed by atoms with van der Waals surface area (Å²) in [5.41, 5.74) is 2.78. The molecule has 0 bridgehead atoms. The van der Waals surface area contributed by atoms with Gasteiger partial charge in [-0.05, 0) is 53.8 Å². The number of carbonyl (C=O) groups is 2. The van der Waals surface area contributed by atoms with Crippen LogP contribution in [0, 0.1) is 11.7 Å². The first-order valence-electron chi connectivity index (χ1n) is 14.2. The van der Waals surface area contributed by atoms with Gasteiger partial charge in [-0.15, -0.1) is 0 Å². The van der Waals surface area contributed by atoms with E-state index in [1.54, 1.807) is 19.2 Å². The lowest BCUT2D eigenvalue weighted by Gasteiger charge is -2.41. The first kappa shape index (κ1) is 27.6. The van der Waals surface area contributed by atoms with E-state index in [-0.39, 0.29) is 36.1 Å². The van der Waals surface area contributed by atoms with Gasteiger partial charge in [0.05, 0.1) is 13.2 Å². The Labute approximate surface area is 236 Å². The molecule has 40 heavy (non-hydrogen) atoms. The monoisotopic (exact) mass is 540 g/mol. The Morgan fingerprint density at radius 3 is 2.27 bits per heavy atom. The zero-order valence-electron chi connectivity index (χ0n) is 23.0. The van der Waals surface area contributed by atoms with Gasteiger partial charge in [0.1, 0.15) is 17.6 Å². The molecule has 208 valence electrons. The predicted molar refractivity (Wildman–Crippen MR) is 154 cm³/mol. The molecule has 2 aliphatic rings. The molecule has 1 unspecified atom stereocenters. The number of amides is 2. The van der Waals surface area contributed by atoms with Gasteiger partial charge in [0.25, 0.3) is 0 Å². The average molecular weight is 541 g/mol. The summed E-state index contributed by atoms with van der Waals surface area (Å²) >= 11 is 0. The van der Waals surface area contributed by atoms with Crippen molar-refractivity contribution in [1.82, 2.24) is 9.80 Å². The van der Waals surface area contributed by atoms with Crippen molar-refractivity contribution in [2.75, 3.05) is 13.7 Å². The number of hydrogen-bond donors (Lipinski definition) is 0. The molecule has 0 aromatic heterocycles. The number of methoxy groups -OCH3 is 1. The zero-order chi connectivity index (χ0) is 27.9. The van der Waals surface area contributed by atoms with Crippen molar-refractivity contribution in [2.45, 2.75) is 57.2 Å². The van der Waals surface area contributed by atoms with Crippen LogP contribution < -0.4 is 4.74 Å². The minimum absolute atomic E-state index is 0.0458. The summed E-state index contributed by atoms with van der Waals surface area (Å²) in [6.07, 6.45) is 9.48. The van der Waals surface area contributed by atoms with Gasteiger partial charge in [-0.25, -0.2) is 4.39 Å². The minimum Gasteiger partial charge on any atom is -0.497 e. The highest BCUT2D eigenvalue weighted by molar-refractivity contribution is 5.89.